The SMILES string of the molecule is Cc1cc(OC(=O)OCc2ccccc2)cc2oc(=O)[nH]c12. The van der Waals surface area contributed by atoms with Gasteiger partial charge in [-0.25, -0.2) is 9.59 Å². The lowest BCUT2D eigenvalue weighted by Crippen LogP contribution is -2.10. The lowest BCUT2D eigenvalue weighted by molar-refractivity contribution is 0.0928. The molecule has 0 amide bonds. The normalized spacial score (nSPS) is 10.6. The number of rotatable bonds is 3. The van der Waals surface area contributed by atoms with Gasteiger partial charge in [0.15, 0.2) is 5.58 Å². The van der Waals surface area contributed by atoms with Crippen molar-refractivity contribution in [1.29, 1.82) is 0 Å². The Morgan fingerprint density at radius 1 is 1.23 bits per heavy atom. The summed E-state index contributed by atoms with van der Waals surface area (Å²) in [5.41, 5.74) is 2.50. The van der Waals surface area contributed by atoms with Gasteiger partial charge in [-0.1, -0.05) is 30.3 Å². The number of hydrogen-bond acceptors (Lipinski definition) is 5. The molecule has 0 bridgehead atoms. The Balaban J connectivity index is 1.70. The highest BCUT2D eigenvalue weighted by Gasteiger charge is 2.11. The van der Waals surface area contributed by atoms with Crippen LogP contribution in [0.5, 0.6) is 5.75 Å². The molecular weight excluding hydrogens is 286 g/mol. The second-order valence-corrected chi connectivity index (χ2v) is 4.75. The third-order valence-corrected chi connectivity index (χ3v) is 3.10. The summed E-state index contributed by atoms with van der Waals surface area (Å²) in [6.45, 7) is 1.90. The number of ether oxygens (including phenoxy) is 2. The minimum atomic E-state index is -0.819. The van der Waals surface area contributed by atoms with Crippen LogP contribution in [0.2, 0.25) is 0 Å². The number of aromatic amines is 1. The molecule has 1 aromatic heterocycles. The molecule has 0 fully saturated rings. The maximum atomic E-state index is 11.7. The Morgan fingerprint density at radius 2 is 2.00 bits per heavy atom. The largest absolute Gasteiger partial charge is 0.514 e. The van der Waals surface area contributed by atoms with E-state index in [-0.39, 0.29) is 12.4 Å². The van der Waals surface area contributed by atoms with Crippen LogP contribution in [0.25, 0.3) is 11.1 Å². The number of nitrogens with one attached hydrogen (secondary N) is 1. The molecule has 22 heavy (non-hydrogen) atoms. The number of benzene rings is 2. The fourth-order valence-corrected chi connectivity index (χ4v) is 2.09. The van der Waals surface area contributed by atoms with Crippen molar-refractivity contribution in [2.24, 2.45) is 0 Å². The molecule has 0 saturated heterocycles. The fourth-order valence-electron chi connectivity index (χ4n) is 2.09. The van der Waals surface area contributed by atoms with E-state index in [4.69, 9.17) is 13.9 Å². The third-order valence-electron chi connectivity index (χ3n) is 3.10. The zero-order chi connectivity index (χ0) is 15.5. The summed E-state index contributed by atoms with van der Waals surface area (Å²) in [6.07, 6.45) is -0.819. The molecule has 3 rings (SSSR count). The predicted molar refractivity (Wildman–Crippen MR) is 78.8 cm³/mol. The smallest absolute Gasteiger partial charge is 0.429 e. The van der Waals surface area contributed by atoms with Gasteiger partial charge in [-0.05, 0) is 24.1 Å². The Bertz CT molecular complexity index is 863. The van der Waals surface area contributed by atoms with Crippen LogP contribution in [-0.4, -0.2) is 11.1 Å². The van der Waals surface area contributed by atoms with Crippen LogP contribution in [0.1, 0.15) is 11.1 Å². The summed E-state index contributed by atoms with van der Waals surface area (Å²) in [4.78, 5) is 25.4. The van der Waals surface area contributed by atoms with Crippen molar-refractivity contribution in [1.82, 2.24) is 4.98 Å². The summed E-state index contributed by atoms with van der Waals surface area (Å²) in [5.74, 6) is -0.298. The van der Waals surface area contributed by atoms with E-state index in [1.807, 2.05) is 30.3 Å². The molecule has 6 nitrogen and oxygen atoms in total. The van der Waals surface area contributed by atoms with Crippen LogP contribution in [0.3, 0.4) is 0 Å². The molecule has 0 aliphatic carbocycles. The zero-order valence-corrected chi connectivity index (χ0v) is 11.8. The first-order chi connectivity index (χ1) is 10.6. The van der Waals surface area contributed by atoms with Crippen molar-refractivity contribution in [3.05, 3.63) is 64.1 Å². The maximum Gasteiger partial charge on any atom is 0.514 e. The van der Waals surface area contributed by atoms with E-state index in [0.717, 1.165) is 11.1 Å². The average molecular weight is 299 g/mol. The molecule has 0 spiro atoms. The summed E-state index contributed by atoms with van der Waals surface area (Å²) < 4.78 is 15.1. The monoisotopic (exact) mass is 299 g/mol. The molecule has 0 saturated carbocycles. The number of carbonyl (C=O) groups excluding carboxylic acids is 1. The lowest BCUT2D eigenvalue weighted by atomic mass is 10.2. The van der Waals surface area contributed by atoms with Gasteiger partial charge in [0.05, 0.1) is 5.52 Å². The van der Waals surface area contributed by atoms with E-state index in [9.17, 15) is 9.59 Å². The number of oxazole rings is 1. The van der Waals surface area contributed by atoms with Gasteiger partial charge in [-0.15, -0.1) is 0 Å². The number of carbonyl (C=O) groups is 1. The summed E-state index contributed by atoms with van der Waals surface area (Å²) in [7, 11) is 0. The van der Waals surface area contributed by atoms with Crippen LogP contribution in [0.4, 0.5) is 4.79 Å². The van der Waals surface area contributed by atoms with E-state index in [1.165, 1.54) is 6.07 Å². The number of fused-ring (bicyclic) bond motifs is 1. The van der Waals surface area contributed by atoms with E-state index in [0.29, 0.717) is 11.1 Å². The summed E-state index contributed by atoms with van der Waals surface area (Å²) in [6, 6.07) is 12.4. The minimum Gasteiger partial charge on any atom is -0.429 e. The molecule has 1 heterocycles. The van der Waals surface area contributed by atoms with Crippen LogP contribution in [0, 0.1) is 6.92 Å². The highest BCUT2D eigenvalue weighted by atomic mass is 16.7. The number of aromatic nitrogens is 1. The quantitative estimate of drug-likeness (QED) is 0.593. The van der Waals surface area contributed by atoms with Gasteiger partial charge in [-0.3, -0.25) is 4.98 Å². The van der Waals surface area contributed by atoms with Crippen molar-refractivity contribution in [2.75, 3.05) is 0 Å². The van der Waals surface area contributed by atoms with E-state index >= 15 is 0 Å². The first-order valence-corrected chi connectivity index (χ1v) is 6.64. The molecule has 0 unspecified atom stereocenters. The Morgan fingerprint density at radius 3 is 2.77 bits per heavy atom. The summed E-state index contributed by atoms with van der Waals surface area (Å²) >= 11 is 0. The van der Waals surface area contributed by atoms with E-state index in [2.05, 4.69) is 4.98 Å². The van der Waals surface area contributed by atoms with E-state index < -0.39 is 11.9 Å². The topological polar surface area (TPSA) is 81.5 Å². The average Bonchev–Trinajstić information content (AvgIpc) is 2.87. The highest BCUT2D eigenvalue weighted by Crippen LogP contribution is 2.23. The molecule has 0 radical (unpaired) electrons. The Kier molecular flexibility index (Phi) is 3.65. The molecule has 1 N–H and O–H groups in total. The van der Waals surface area contributed by atoms with Crippen LogP contribution < -0.4 is 10.5 Å². The highest BCUT2D eigenvalue weighted by molar-refractivity contribution is 5.79. The lowest BCUT2D eigenvalue weighted by Gasteiger charge is -2.06. The Labute approximate surface area is 125 Å². The maximum absolute atomic E-state index is 11.7. The van der Waals surface area contributed by atoms with Crippen LogP contribution >= 0.6 is 0 Å². The standard InChI is InChI=1S/C16H13NO5/c1-10-7-12(8-13-14(10)17-15(18)22-13)21-16(19)20-9-11-5-3-2-4-6-11/h2-8H,9H2,1H3,(H,17,18). The molecule has 6 heteroatoms. The van der Waals surface area contributed by atoms with Gasteiger partial charge < -0.3 is 13.9 Å². The number of aryl methyl sites for hydroxylation is 1. The second kappa shape index (κ2) is 5.77. The zero-order valence-electron chi connectivity index (χ0n) is 11.8. The molecule has 0 atom stereocenters. The fraction of sp³-hybridized carbons (Fsp3) is 0.125. The van der Waals surface area contributed by atoms with E-state index in [1.54, 1.807) is 13.0 Å². The van der Waals surface area contributed by atoms with Crippen molar-refractivity contribution in [3.8, 4) is 5.75 Å². The molecule has 0 aliphatic rings. The predicted octanol–water partition coefficient (Wildman–Crippen LogP) is 3.15. The minimum absolute atomic E-state index is 0.125. The van der Waals surface area contributed by atoms with Crippen LogP contribution in [-0.2, 0) is 11.3 Å². The van der Waals surface area contributed by atoms with Gasteiger partial charge >= 0.3 is 11.9 Å². The van der Waals surface area contributed by atoms with Gasteiger partial charge in [0.1, 0.15) is 12.4 Å². The third kappa shape index (κ3) is 3.01. The first-order valence-electron chi connectivity index (χ1n) is 6.64. The molecule has 3 aromatic rings. The van der Waals surface area contributed by atoms with Gasteiger partial charge in [0.2, 0.25) is 0 Å². The van der Waals surface area contributed by atoms with Crippen LogP contribution in [0.15, 0.2) is 51.7 Å². The van der Waals surface area contributed by atoms with Crippen molar-refractivity contribution in [2.45, 2.75) is 13.5 Å². The van der Waals surface area contributed by atoms with Gasteiger partial charge in [0, 0.05) is 6.07 Å². The Hall–Kier alpha value is -3.02. The van der Waals surface area contributed by atoms with Crippen molar-refractivity contribution >= 4 is 17.3 Å². The number of H-pyrrole nitrogens is 1. The van der Waals surface area contributed by atoms with Gasteiger partial charge in [0.25, 0.3) is 0 Å². The second-order valence-electron chi connectivity index (χ2n) is 4.75. The van der Waals surface area contributed by atoms with Crippen molar-refractivity contribution in [3.63, 3.8) is 0 Å². The first kappa shape index (κ1) is 13.9. The van der Waals surface area contributed by atoms with Gasteiger partial charge in [-0.2, -0.15) is 0 Å². The summed E-state index contributed by atoms with van der Waals surface area (Å²) in [5, 5.41) is 0. The molecule has 0 aliphatic heterocycles. The van der Waals surface area contributed by atoms with Crippen molar-refractivity contribution < 1.29 is 18.7 Å². The molecular formula is C16H13NO5. The molecule has 2 aromatic carbocycles. The number of hydrogen-bond donors (Lipinski definition) is 1. The molecule has 112 valence electrons.